The van der Waals surface area contributed by atoms with E-state index in [2.05, 4.69) is 56.7 Å². The van der Waals surface area contributed by atoms with Crippen LogP contribution in [0, 0.1) is 6.92 Å². The Morgan fingerprint density at radius 2 is 2.30 bits per heavy atom. The molecule has 0 amide bonds. The van der Waals surface area contributed by atoms with E-state index >= 15 is 0 Å². The summed E-state index contributed by atoms with van der Waals surface area (Å²) >= 11 is 5.29. The van der Waals surface area contributed by atoms with E-state index < -0.39 is 0 Å². The summed E-state index contributed by atoms with van der Waals surface area (Å²) in [6.45, 7) is 3.09. The fourth-order valence-corrected chi connectivity index (χ4v) is 3.88. The Labute approximate surface area is 132 Å². The molecule has 1 heterocycles. The first-order valence-corrected chi connectivity index (χ1v) is 8.79. The summed E-state index contributed by atoms with van der Waals surface area (Å²) < 4.78 is 1.20. The number of halogens is 1. The highest BCUT2D eigenvalue weighted by Gasteiger charge is 2.18. The van der Waals surface area contributed by atoms with Gasteiger partial charge in [0.25, 0.3) is 0 Å². The zero-order valence-electron chi connectivity index (χ0n) is 11.7. The topological polar surface area (TPSA) is 24.9 Å². The number of thiazole rings is 1. The Morgan fingerprint density at radius 1 is 1.40 bits per heavy atom. The summed E-state index contributed by atoms with van der Waals surface area (Å²) in [5.41, 5.74) is 4.23. The standard InChI is InChI=1S/C16H19BrN2S/c1-11-19-16(10-20-11)6-7-18-15-5-3-12-8-14(17)4-2-13(12)9-15/h2,4,8,10,15,18H,3,5-7,9H2,1H3. The number of hydrogen-bond donors (Lipinski definition) is 1. The highest BCUT2D eigenvalue weighted by Crippen LogP contribution is 2.24. The van der Waals surface area contributed by atoms with Gasteiger partial charge in [0.2, 0.25) is 0 Å². The monoisotopic (exact) mass is 350 g/mol. The molecule has 4 heteroatoms. The minimum atomic E-state index is 0.614. The minimum Gasteiger partial charge on any atom is -0.313 e. The molecule has 0 radical (unpaired) electrons. The Hall–Kier alpha value is -0.710. The molecular weight excluding hydrogens is 332 g/mol. The molecule has 1 aliphatic rings. The van der Waals surface area contributed by atoms with Gasteiger partial charge in [0.1, 0.15) is 0 Å². The molecule has 0 spiro atoms. The molecule has 106 valence electrons. The van der Waals surface area contributed by atoms with E-state index in [1.165, 1.54) is 34.1 Å². The van der Waals surface area contributed by atoms with Crippen molar-refractivity contribution in [1.29, 1.82) is 0 Å². The van der Waals surface area contributed by atoms with Crippen LogP contribution in [0.5, 0.6) is 0 Å². The Balaban J connectivity index is 1.51. The van der Waals surface area contributed by atoms with Crippen LogP contribution >= 0.6 is 27.3 Å². The predicted molar refractivity (Wildman–Crippen MR) is 88.5 cm³/mol. The lowest BCUT2D eigenvalue weighted by molar-refractivity contribution is 0.460. The quantitative estimate of drug-likeness (QED) is 0.904. The van der Waals surface area contributed by atoms with Crippen LogP contribution in [0.2, 0.25) is 0 Å². The molecule has 0 saturated heterocycles. The van der Waals surface area contributed by atoms with E-state index in [-0.39, 0.29) is 0 Å². The minimum absolute atomic E-state index is 0.614. The van der Waals surface area contributed by atoms with Gasteiger partial charge in [-0.25, -0.2) is 4.98 Å². The first-order chi connectivity index (χ1) is 9.70. The molecule has 1 atom stereocenters. The Bertz CT molecular complexity index is 594. The van der Waals surface area contributed by atoms with E-state index in [1.807, 2.05) is 0 Å². The van der Waals surface area contributed by atoms with Crippen LogP contribution in [0.3, 0.4) is 0 Å². The number of nitrogens with one attached hydrogen (secondary N) is 1. The molecule has 2 nitrogen and oxygen atoms in total. The van der Waals surface area contributed by atoms with Crippen LogP contribution in [0.15, 0.2) is 28.1 Å². The lowest BCUT2D eigenvalue weighted by atomic mass is 9.88. The molecule has 0 fully saturated rings. The predicted octanol–water partition coefficient (Wildman–Crippen LogP) is 3.90. The summed E-state index contributed by atoms with van der Waals surface area (Å²) in [6, 6.07) is 7.29. The van der Waals surface area contributed by atoms with Gasteiger partial charge in [-0.2, -0.15) is 0 Å². The number of aromatic nitrogens is 1. The molecule has 0 saturated carbocycles. The van der Waals surface area contributed by atoms with Crippen LogP contribution in [0.1, 0.15) is 28.2 Å². The number of aryl methyl sites for hydroxylation is 2. The fourth-order valence-electron chi connectivity index (χ4n) is 2.83. The van der Waals surface area contributed by atoms with Gasteiger partial charge in [-0.3, -0.25) is 0 Å². The van der Waals surface area contributed by atoms with Crippen LogP contribution in [-0.4, -0.2) is 17.6 Å². The van der Waals surface area contributed by atoms with Gasteiger partial charge in [0.05, 0.1) is 10.7 Å². The lowest BCUT2D eigenvalue weighted by Gasteiger charge is -2.25. The van der Waals surface area contributed by atoms with Crippen molar-refractivity contribution in [2.24, 2.45) is 0 Å². The molecular formula is C16H19BrN2S. The smallest absolute Gasteiger partial charge is 0.0897 e. The van der Waals surface area contributed by atoms with Crippen molar-refractivity contribution in [3.63, 3.8) is 0 Å². The van der Waals surface area contributed by atoms with Crippen molar-refractivity contribution in [1.82, 2.24) is 10.3 Å². The number of benzene rings is 1. The van der Waals surface area contributed by atoms with Crippen LogP contribution in [0.4, 0.5) is 0 Å². The first-order valence-electron chi connectivity index (χ1n) is 7.12. The van der Waals surface area contributed by atoms with E-state index in [9.17, 15) is 0 Å². The molecule has 0 aliphatic heterocycles. The zero-order chi connectivity index (χ0) is 13.9. The average molecular weight is 351 g/mol. The SMILES string of the molecule is Cc1nc(CCNC2CCc3cc(Br)ccc3C2)cs1. The second-order valence-corrected chi connectivity index (χ2v) is 7.39. The van der Waals surface area contributed by atoms with Crippen molar-refractivity contribution in [2.45, 2.75) is 38.6 Å². The lowest BCUT2D eigenvalue weighted by Crippen LogP contribution is -2.35. The van der Waals surface area contributed by atoms with Gasteiger partial charge in [-0.1, -0.05) is 22.0 Å². The van der Waals surface area contributed by atoms with E-state index in [4.69, 9.17) is 0 Å². The van der Waals surface area contributed by atoms with Gasteiger partial charge >= 0.3 is 0 Å². The maximum absolute atomic E-state index is 4.51. The second-order valence-electron chi connectivity index (χ2n) is 5.41. The Kier molecular flexibility index (Phi) is 4.54. The van der Waals surface area contributed by atoms with Crippen molar-refractivity contribution >= 4 is 27.3 Å². The number of hydrogen-bond acceptors (Lipinski definition) is 3. The molecule has 0 bridgehead atoms. The fraction of sp³-hybridized carbons (Fsp3) is 0.438. The second kappa shape index (κ2) is 6.37. The summed E-state index contributed by atoms with van der Waals surface area (Å²) in [5.74, 6) is 0. The number of fused-ring (bicyclic) bond motifs is 1. The van der Waals surface area contributed by atoms with Crippen molar-refractivity contribution in [3.8, 4) is 0 Å². The van der Waals surface area contributed by atoms with Crippen LogP contribution < -0.4 is 5.32 Å². The van der Waals surface area contributed by atoms with Crippen LogP contribution in [0.25, 0.3) is 0 Å². The van der Waals surface area contributed by atoms with Crippen molar-refractivity contribution in [2.75, 3.05) is 6.54 Å². The molecule has 2 aromatic rings. The third-order valence-electron chi connectivity index (χ3n) is 3.88. The molecule has 1 aromatic carbocycles. The number of rotatable bonds is 4. The van der Waals surface area contributed by atoms with E-state index in [0.29, 0.717) is 6.04 Å². The first kappa shape index (κ1) is 14.2. The van der Waals surface area contributed by atoms with Crippen molar-refractivity contribution in [3.05, 3.63) is 49.9 Å². The van der Waals surface area contributed by atoms with E-state index in [0.717, 1.165) is 24.4 Å². The number of nitrogens with zero attached hydrogens (tertiary/aromatic N) is 1. The summed E-state index contributed by atoms with van der Waals surface area (Å²) in [7, 11) is 0. The third kappa shape index (κ3) is 3.48. The summed E-state index contributed by atoms with van der Waals surface area (Å²) in [5, 5.41) is 7.02. The summed E-state index contributed by atoms with van der Waals surface area (Å²) in [4.78, 5) is 4.51. The maximum Gasteiger partial charge on any atom is 0.0897 e. The zero-order valence-corrected chi connectivity index (χ0v) is 14.1. The van der Waals surface area contributed by atoms with E-state index in [1.54, 1.807) is 11.3 Å². The molecule has 1 unspecified atom stereocenters. The largest absolute Gasteiger partial charge is 0.313 e. The summed E-state index contributed by atoms with van der Waals surface area (Å²) in [6.07, 6.45) is 4.61. The maximum atomic E-state index is 4.51. The molecule has 1 aromatic heterocycles. The van der Waals surface area contributed by atoms with Gasteiger partial charge in [0.15, 0.2) is 0 Å². The normalized spacial score (nSPS) is 18.0. The molecule has 20 heavy (non-hydrogen) atoms. The molecule has 3 rings (SSSR count). The van der Waals surface area contributed by atoms with Gasteiger partial charge < -0.3 is 5.32 Å². The van der Waals surface area contributed by atoms with Crippen LogP contribution in [-0.2, 0) is 19.3 Å². The Morgan fingerprint density at radius 3 is 3.10 bits per heavy atom. The highest BCUT2D eigenvalue weighted by atomic mass is 79.9. The average Bonchev–Trinajstić information content (AvgIpc) is 2.85. The van der Waals surface area contributed by atoms with Gasteiger partial charge in [0, 0.05) is 28.9 Å². The molecule has 1 aliphatic carbocycles. The third-order valence-corrected chi connectivity index (χ3v) is 5.19. The molecule has 1 N–H and O–H groups in total. The highest BCUT2D eigenvalue weighted by molar-refractivity contribution is 9.10. The van der Waals surface area contributed by atoms with Gasteiger partial charge in [-0.15, -0.1) is 11.3 Å². The van der Waals surface area contributed by atoms with Gasteiger partial charge in [-0.05, 0) is 49.4 Å². The van der Waals surface area contributed by atoms with Crippen molar-refractivity contribution < 1.29 is 0 Å².